The largest absolute Gasteiger partial charge is 0.422 e. The number of nitrogens with zero attached hydrogens (tertiary/aromatic N) is 1. The van der Waals surface area contributed by atoms with Crippen LogP contribution in [0.2, 0.25) is 0 Å². The molecule has 0 bridgehead atoms. The highest BCUT2D eigenvalue weighted by molar-refractivity contribution is 8.26. The lowest BCUT2D eigenvalue weighted by Crippen LogP contribution is -2.44. The van der Waals surface area contributed by atoms with Gasteiger partial charge in [-0.05, 0) is 42.6 Å². The molecule has 0 unspecified atom stereocenters. The minimum Gasteiger partial charge on any atom is -0.422 e. The number of carbonyl (C=O) groups is 2. The highest BCUT2D eigenvalue weighted by Gasteiger charge is 2.34. The third kappa shape index (κ3) is 3.47. The molecule has 0 saturated carbocycles. The van der Waals surface area contributed by atoms with Crippen LogP contribution in [-0.2, 0) is 4.79 Å². The van der Waals surface area contributed by atoms with E-state index in [4.69, 9.17) is 16.6 Å². The SMILES string of the molecule is O=C(NN1C(=O)/C(=C\c2cc3ccccc3oc2=O)SC1=S)c1ccccc1. The number of nitrogens with one attached hydrogen (secondary N) is 1. The van der Waals surface area contributed by atoms with Gasteiger partial charge in [0, 0.05) is 10.9 Å². The molecule has 2 amide bonds. The van der Waals surface area contributed by atoms with Gasteiger partial charge in [-0.1, -0.05) is 48.2 Å². The number of hydrogen-bond acceptors (Lipinski definition) is 6. The Bertz CT molecular complexity index is 1200. The Hall–Kier alpha value is -3.23. The molecule has 2 aromatic carbocycles. The number of hydrazine groups is 1. The summed E-state index contributed by atoms with van der Waals surface area (Å²) in [6, 6.07) is 17.2. The van der Waals surface area contributed by atoms with Crippen LogP contribution >= 0.6 is 24.0 Å². The standard InChI is InChI=1S/C20H12N2O4S2/c23-17(12-6-2-1-3-7-12)21-22-18(24)16(28-20(22)27)11-14-10-13-8-4-5-9-15(13)26-19(14)25/h1-11H,(H,21,23)/b16-11+. The van der Waals surface area contributed by atoms with E-state index >= 15 is 0 Å². The molecule has 138 valence electrons. The molecule has 6 nitrogen and oxygen atoms in total. The molecular formula is C20H12N2O4S2. The van der Waals surface area contributed by atoms with Gasteiger partial charge in [-0.15, -0.1) is 0 Å². The van der Waals surface area contributed by atoms with Crippen LogP contribution in [0.1, 0.15) is 15.9 Å². The molecule has 4 rings (SSSR count). The molecule has 1 aliphatic heterocycles. The van der Waals surface area contributed by atoms with Crippen molar-refractivity contribution in [1.82, 2.24) is 10.4 Å². The predicted molar refractivity (Wildman–Crippen MR) is 111 cm³/mol. The molecule has 1 saturated heterocycles. The maximum absolute atomic E-state index is 12.7. The summed E-state index contributed by atoms with van der Waals surface area (Å²) in [5.74, 6) is -0.963. The Labute approximate surface area is 168 Å². The summed E-state index contributed by atoms with van der Waals surface area (Å²) in [6.45, 7) is 0. The Morgan fingerprint density at radius 3 is 2.57 bits per heavy atom. The van der Waals surface area contributed by atoms with Crippen molar-refractivity contribution in [3.63, 3.8) is 0 Å². The van der Waals surface area contributed by atoms with Crippen molar-refractivity contribution >= 4 is 57.2 Å². The van der Waals surface area contributed by atoms with Gasteiger partial charge in [-0.3, -0.25) is 15.0 Å². The Kier molecular flexibility index (Phi) is 4.81. The summed E-state index contributed by atoms with van der Waals surface area (Å²) < 4.78 is 5.45. The second-order valence-corrected chi connectivity index (χ2v) is 7.53. The van der Waals surface area contributed by atoms with Crippen molar-refractivity contribution in [3.8, 4) is 0 Å². The number of amides is 2. The number of para-hydroxylation sites is 1. The molecule has 1 fully saturated rings. The lowest BCUT2D eigenvalue weighted by Gasteiger charge is -2.15. The average Bonchev–Trinajstić information content (AvgIpc) is 2.96. The Balaban J connectivity index is 1.61. The van der Waals surface area contributed by atoms with E-state index in [-0.39, 0.29) is 14.8 Å². The van der Waals surface area contributed by atoms with Crippen LogP contribution in [0.15, 0.2) is 74.8 Å². The molecule has 3 aromatic rings. The molecule has 0 atom stereocenters. The van der Waals surface area contributed by atoms with Crippen LogP contribution in [0.25, 0.3) is 17.0 Å². The van der Waals surface area contributed by atoms with Crippen LogP contribution in [0.5, 0.6) is 0 Å². The van der Waals surface area contributed by atoms with E-state index in [2.05, 4.69) is 5.43 Å². The van der Waals surface area contributed by atoms with E-state index in [9.17, 15) is 14.4 Å². The number of thiocarbonyl (C=S) groups is 1. The molecule has 2 heterocycles. The first-order valence-electron chi connectivity index (χ1n) is 8.20. The summed E-state index contributed by atoms with van der Waals surface area (Å²) in [6.07, 6.45) is 1.42. The van der Waals surface area contributed by atoms with Crippen molar-refractivity contribution in [3.05, 3.63) is 87.1 Å². The van der Waals surface area contributed by atoms with Crippen LogP contribution in [0, 0.1) is 0 Å². The highest BCUT2D eigenvalue weighted by atomic mass is 32.2. The number of benzene rings is 2. The molecule has 0 aliphatic carbocycles. The van der Waals surface area contributed by atoms with Gasteiger partial charge in [-0.25, -0.2) is 4.79 Å². The summed E-state index contributed by atoms with van der Waals surface area (Å²) in [7, 11) is 0. The number of carbonyl (C=O) groups excluding carboxylic acids is 2. The van der Waals surface area contributed by atoms with Crippen molar-refractivity contribution in [1.29, 1.82) is 0 Å². The van der Waals surface area contributed by atoms with E-state index in [1.807, 2.05) is 6.07 Å². The molecule has 0 spiro atoms. The first-order valence-corrected chi connectivity index (χ1v) is 9.42. The third-order valence-corrected chi connectivity index (χ3v) is 5.30. The zero-order valence-corrected chi connectivity index (χ0v) is 15.9. The van der Waals surface area contributed by atoms with Crippen LogP contribution in [0.4, 0.5) is 0 Å². The zero-order chi connectivity index (χ0) is 19.7. The fourth-order valence-electron chi connectivity index (χ4n) is 2.64. The van der Waals surface area contributed by atoms with Gasteiger partial charge in [0.15, 0.2) is 4.32 Å². The maximum Gasteiger partial charge on any atom is 0.343 e. The van der Waals surface area contributed by atoms with Crippen LogP contribution in [0.3, 0.4) is 0 Å². The van der Waals surface area contributed by atoms with Crippen molar-refractivity contribution in [2.45, 2.75) is 0 Å². The Morgan fingerprint density at radius 1 is 1.07 bits per heavy atom. The second kappa shape index (κ2) is 7.41. The van der Waals surface area contributed by atoms with E-state index in [1.165, 1.54) is 6.08 Å². The number of thioether (sulfide) groups is 1. The highest BCUT2D eigenvalue weighted by Crippen LogP contribution is 2.31. The third-order valence-electron chi connectivity index (χ3n) is 4.00. The van der Waals surface area contributed by atoms with Gasteiger partial charge in [0.25, 0.3) is 11.8 Å². The maximum atomic E-state index is 12.7. The monoisotopic (exact) mass is 408 g/mol. The van der Waals surface area contributed by atoms with Gasteiger partial charge < -0.3 is 4.42 Å². The summed E-state index contributed by atoms with van der Waals surface area (Å²) in [5.41, 5.74) is 3.03. The molecule has 8 heteroatoms. The van der Waals surface area contributed by atoms with Gasteiger partial charge >= 0.3 is 5.63 Å². The lowest BCUT2D eigenvalue weighted by molar-refractivity contribution is -0.123. The summed E-state index contributed by atoms with van der Waals surface area (Å²) >= 11 is 6.20. The van der Waals surface area contributed by atoms with Crippen LogP contribution in [-0.4, -0.2) is 21.1 Å². The van der Waals surface area contributed by atoms with Crippen molar-refractivity contribution in [2.75, 3.05) is 0 Å². The first kappa shape index (κ1) is 18.1. The molecule has 1 N–H and O–H groups in total. The normalized spacial score (nSPS) is 15.4. The quantitative estimate of drug-likeness (QED) is 0.407. The minimum atomic E-state index is -0.558. The molecular weight excluding hydrogens is 396 g/mol. The lowest BCUT2D eigenvalue weighted by atomic mass is 10.2. The van der Waals surface area contributed by atoms with E-state index in [0.717, 1.165) is 22.2 Å². The van der Waals surface area contributed by atoms with Gasteiger partial charge in [-0.2, -0.15) is 5.01 Å². The Morgan fingerprint density at radius 2 is 1.79 bits per heavy atom. The minimum absolute atomic E-state index is 0.172. The molecule has 28 heavy (non-hydrogen) atoms. The van der Waals surface area contributed by atoms with Crippen molar-refractivity contribution < 1.29 is 14.0 Å². The number of hydrogen-bond donors (Lipinski definition) is 1. The van der Waals surface area contributed by atoms with Gasteiger partial charge in [0.1, 0.15) is 5.58 Å². The van der Waals surface area contributed by atoms with Crippen LogP contribution < -0.4 is 11.1 Å². The smallest absolute Gasteiger partial charge is 0.343 e. The van der Waals surface area contributed by atoms with E-state index in [1.54, 1.807) is 54.6 Å². The van der Waals surface area contributed by atoms with Gasteiger partial charge in [0.05, 0.1) is 10.5 Å². The van der Waals surface area contributed by atoms with E-state index in [0.29, 0.717) is 11.1 Å². The number of rotatable bonds is 3. The fraction of sp³-hybridized carbons (Fsp3) is 0. The zero-order valence-electron chi connectivity index (χ0n) is 14.2. The van der Waals surface area contributed by atoms with E-state index < -0.39 is 17.4 Å². The van der Waals surface area contributed by atoms with Gasteiger partial charge in [0.2, 0.25) is 0 Å². The summed E-state index contributed by atoms with van der Waals surface area (Å²) in [4.78, 5) is 37.4. The fourth-order valence-corrected chi connectivity index (χ4v) is 3.81. The second-order valence-electron chi connectivity index (χ2n) is 5.85. The average molecular weight is 408 g/mol. The van der Waals surface area contributed by atoms with Crippen molar-refractivity contribution in [2.24, 2.45) is 0 Å². The summed E-state index contributed by atoms with van der Waals surface area (Å²) in [5, 5.41) is 1.74. The number of fused-ring (bicyclic) bond motifs is 1. The first-order chi connectivity index (χ1) is 13.5. The predicted octanol–water partition coefficient (Wildman–Crippen LogP) is 3.34. The molecule has 1 aromatic heterocycles. The molecule has 0 radical (unpaired) electrons. The topological polar surface area (TPSA) is 79.6 Å². The molecule has 1 aliphatic rings.